The number of hydrogen-bond donors (Lipinski definition) is 0. The first-order chi connectivity index (χ1) is 11.3. The van der Waals surface area contributed by atoms with E-state index in [0.717, 1.165) is 26.3 Å². The predicted octanol–water partition coefficient (Wildman–Crippen LogP) is 2.55. The van der Waals surface area contributed by atoms with Crippen LogP contribution in [0.4, 0.5) is 0 Å². The van der Waals surface area contributed by atoms with E-state index in [2.05, 4.69) is 27.3 Å². The number of hydrogen-bond acceptors (Lipinski definition) is 5. The van der Waals surface area contributed by atoms with Crippen LogP contribution in [0.5, 0.6) is 0 Å². The third-order valence-corrected chi connectivity index (χ3v) is 6.54. The van der Waals surface area contributed by atoms with Crippen molar-refractivity contribution in [3.05, 3.63) is 22.4 Å². The highest BCUT2D eigenvalue weighted by atomic mass is 32.1. The lowest BCUT2D eigenvalue weighted by molar-refractivity contribution is 0.0351. The van der Waals surface area contributed by atoms with E-state index in [1.807, 2.05) is 18.4 Å². The molecule has 0 radical (unpaired) electrons. The van der Waals surface area contributed by atoms with E-state index >= 15 is 0 Å². The van der Waals surface area contributed by atoms with Crippen LogP contribution in [0.2, 0.25) is 0 Å². The van der Waals surface area contributed by atoms with Crippen LogP contribution in [0.25, 0.3) is 0 Å². The zero-order valence-corrected chi connectivity index (χ0v) is 15.3. The number of likely N-dealkylation sites (tertiary alicyclic amines) is 2. The standard InChI is InChI=1S/C18H30N2O2S/c1-21-10-9-20-12-16(14-22-2)18(15-20)5-7-19(8-6-18)13-17-4-3-11-23-17/h3-4,11,16H,5-10,12-15H2,1-2H3/t16-/m0/s1. The quantitative estimate of drug-likeness (QED) is 0.763. The molecule has 1 spiro atoms. The summed E-state index contributed by atoms with van der Waals surface area (Å²) in [6.07, 6.45) is 2.60. The number of methoxy groups -OCH3 is 2. The first-order valence-electron chi connectivity index (χ1n) is 8.71. The second-order valence-corrected chi connectivity index (χ2v) is 8.13. The molecule has 3 rings (SSSR count). The van der Waals surface area contributed by atoms with Gasteiger partial charge in [-0.15, -0.1) is 11.3 Å². The molecule has 2 aliphatic heterocycles. The maximum absolute atomic E-state index is 5.55. The van der Waals surface area contributed by atoms with Crippen LogP contribution in [0.3, 0.4) is 0 Å². The molecule has 2 fully saturated rings. The van der Waals surface area contributed by atoms with Crippen LogP contribution in [0.15, 0.2) is 17.5 Å². The predicted molar refractivity (Wildman–Crippen MR) is 94.9 cm³/mol. The van der Waals surface area contributed by atoms with E-state index in [9.17, 15) is 0 Å². The number of ether oxygens (including phenoxy) is 2. The van der Waals surface area contributed by atoms with Crippen LogP contribution in [0.1, 0.15) is 17.7 Å². The van der Waals surface area contributed by atoms with Crippen LogP contribution in [-0.4, -0.2) is 70.0 Å². The molecule has 0 N–H and O–H groups in total. The number of nitrogens with zero attached hydrogens (tertiary/aromatic N) is 2. The van der Waals surface area contributed by atoms with E-state index in [1.165, 1.54) is 43.9 Å². The van der Waals surface area contributed by atoms with Gasteiger partial charge in [-0.3, -0.25) is 4.90 Å². The van der Waals surface area contributed by atoms with Crippen molar-refractivity contribution in [1.29, 1.82) is 0 Å². The molecule has 0 saturated carbocycles. The fourth-order valence-electron chi connectivity index (χ4n) is 4.31. The van der Waals surface area contributed by atoms with Gasteiger partial charge in [0.25, 0.3) is 0 Å². The molecule has 2 saturated heterocycles. The Kier molecular flexibility index (Phi) is 6.10. The van der Waals surface area contributed by atoms with E-state index < -0.39 is 0 Å². The highest BCUT2D eigenvalue weighted by Crippen LogP contribution is 2.45. The van der Waals surface area contributed by atoms with Gasteiger partial charge in [-0.2, -0.15) is 0 Å². The van der Waals surface area contributed by atoms with Crippen molar-refractivity contribution in [2.45, 2.75) is 19.4 Å². The van der Waals surface area contributed by atoms with Crippen LogP contribution in [-0.2, 0) is 16.0 Å². The van der Waals surface area contributed by atoms with Gasteiger partial charge in [0.2, 0.25) is 0 Å². The second kappa shape index (κ2) is 8.08. The average molecular weight is 339 g/mol. The number of piperidine rings is 1. The Morgan fingerprint density at radius 2 is 2.04 bits per heavy atom. The maximum atomic E-state index is 5.55. The van der Waals surface area contributed by atoms with E-state index in [0.29, 0.717) is 11.3 Å². The fourth-order valence-corrected chi connectivity index (χ4v) is 5.06. The van der Waals surface area contributed by atoms with Crippen molar-refractivity contribution >= 4 is 11.3 Å². The summed E-state index contributed by atoms with van der Waals surface area (Å²) in [5.74, 6) is 0.674. The molecular formula is C18H30N2O2S. The van der Waals surface area contributed by atoms with Gasteiger partial charge in [0.05, 0.1) is 13.2 Å². The van der Waals surface area contributed by atoms with Gasteiger partial charge >= 0.3 is 0 Å². The lowest BCUT2D eigenvalue weighted by Gasteiger charge is -2.42. The van der Waals surface area contributed by atoms with Crippen molar-refractivity contribution in [3.63, 3.8) is 0 Å². The van der Waals surface area contributed by atoms with E-state index in [1.54, 1.807) is 7.11 Å². The molecule has 1 aromatic heterocycles. The van der Waals surface area contributed by atoms with Gasteiger partial charge < -0.3 is 14.4 Å². The molecular weight excluding hydrogens is 308 g/mol. The fraction of sp³-hybridized carbons (Fsp3) is 0.778. The molecule has 1 atom stereocenters. The molecule has 0 bridgehead atoms. The maximum Gasteiger partial charge on any atom is 0.0589 e. The largest absolute Gasteiger partial charge is 0.384 e. The molecule has 130 valence electrons. The van der Waals surface area contributed by atoms with Gasteiger partial charge in [-0.05, 0) is 42.8 Å². The summed E-state index contributed by atoms with van der Waals surface area (Å²) in [5.41, 5.74) is 0.454. The summed E-state index contributed by atoms with van der Waals surface area (Å²) in [5, 5.41) is 2.18. The molecule has 2 aliphatic rings. The summed E-state index contributed by atoms with van der Waals surface area (Å²) >= 11 is 1.87. The SMILES string of the molecule is COCCN1C[C@@H](COC)C2(CCN(Cc3cccs3)CC2)C1. The van der Waals surface area contributed by atoms with E-state index in [4.69, 9.17) is 9.47 Å². The minimum atomic E-state index is 0.454. The molecule has 0 unspecified atom stereocenters. The van der Waals surface area contributed by atoms with Gasteiger partial charge in [0.15, 0.2) is 0 Å². The van der Waals surface area contributed by atoms with Crippen molar-refractivity contribution < 1.29 is 9.47 Å². The molecule has 0 aliphatic carbocycles. The Morgan fingerprint density at radius 1 is 1.22 bits per heavy atom. The summed E-state index contributed by atoms with van der Waals surface area (Å²) in [4.78, 5) is 6.70. The Bertz CT molecular complexity index is 458. The number of thiophene rings is 1. The monoisotopic (exact) mass is 338 g/mol. The zero-order chi connectivity index (χ0) is 16.1. The van der Waals surface area contributed by atoms with Crippen LogP contribution >= 0.6 is 11.3 Å². The molecule has 0 aromatic carbocycles. The average Bonchev–Trinajstić information content (AvgIpc) is 3.17. The highest BCUT2D eigenvalue weighted by molar-refractivity contribution is 7.09. The smallest absolute Gasteiger partial charge is 0.0589 e. The molecule has 5 heteroatoms. The highest BCUT2D eigenvalue weighted by Gasteiger charge is 2.47. The minimum Gasteiger partial charge on any atom is -0.384 e. The van der Waals surface area contributed by atoms with Gasteiger partial charge in [-0.25, -0.2) is 0 Å². The third-order valence-electron chi connectivity index (χ3n) is 5.67. The molecule has 23 heavy (non-hydrogen) atoms. The van der Waals surface area contributed by atoms with Gasteiger partial charge in [0.1, 0.15) is 0 Å². The lowest BCUT2D eigenvalue weighted by atomic mass is 9.71. The molecule has 3 heterocycles. The van der Waals surface area contributed by atoms with Crippen LogP contribution < -0.4 is 0 Å². The van der Waals surface area contributed by atoms with Crippen molar-refractivity contribution in [1.82, 2.24) is 9.80 Å². The normalized spacial score (nSPS) is 25.4. The topological polar surface area (TPSA) is 24.9 Å². The van der Waals surface area contributed by atoms with E-state index in [-0.39, 0.29) is 0 Å². The first kappa shape index (κ1) is 17.4. The molecule has 4 nitrogen and oxygen atoms in total. The summed E-state index contributed by atoms with van der Waals surface area (Å²) < 4.78 is 10.8. The van der Waals surface area contributed by atoms with Gasteiger partial charge in [0, 0.05) is 51.2 Å². The zero-order valence-electron chi connectivity index (χ0n) is 14.5. The Hall–Kier alpha value is -0.460. The summed E-state index contributed by atoms with van der Waals surface area (Å²) in [7, 11) is 3.64. The Morgan fingerprint density at radius 3 is 2.70 bits per heavy atom. The van der Waals surface area contributed by atoms with Crippen molar-refractivity contribution in [2.75, 3.05) is 60.2 Å². The summed E-state index contributed by atoms with van der Waals surface area (Å²) in [6.45, 7) is 8.73. The number of rotatable bonds is 7. The first-order valence-corrected chi connectivity index (χ1v) is 9.59. The van der Waals surface area contributed by atoms with Crippen LogP contribution in [0, 0.1) is 11.3 Å². The molecule has 0 amide bonds. The Balaban J connectivity index is 1.57. The van der Waals surface area contributed by atoms with Crippen molar-refractivity contribution in [3.8, 4) is 0 Å². The second-order valence-electron chi connectivity index (χ2n) is 7.10. The van der Waals surface area contributed by atoms with Crippen molar-refractivity contribution in [2.24, 2.45) is 11.3 Å². The van der Waals surface area contributed by atoms with Gasteiger partial charge in [-0.1, -0.05) is 6.07 Å². The third kappa shape index (κ3) is 4.15. The molecule has 1 aromatic rings. The Labute approximate surface area is 144 Å². The minimum absolute atomic E-state index is 0.454. The summed E-state index contributed by atoms with van der Waals surface area (Å²) in [6, 6.07) is 4.41. The lowest BCUT2D eigenvalue weighted by Crippen LogP contribution is -2.44.